The predicted molar refractivity (Wildman–Crippen MR) is 152 cm³/mol. The first kappa shape index (κ1) is 34.1. The Morgan fingerprint density at radius 3 is 2.32 bits per heavy atom. The second-order valence-electron chi connectivity index (χ2n) is 11.0. The van der Waals surface area contributed by atoms with Crippen molar-refractivity contribution >= 4 is 18.0 Å². The summed E-state index contributed by atoms with van der Waals surface area (Å²) in [6.45, 7) is -1.11. The third-order valence-corrected chi connectivity index (χ3v) is 7.72. The number of benzene rings is 2. The first-order valence-corrected chi connectivity index (χ1v) is 14.4. The zero-order valence-corrected chi connectivity index (χ0v) is 24.7. The molecule has 5 rings (SSSR count). The number of fused-ring (bicyclic) bond motifs is 1. The van der Waals surface area contributed by atoms with E-state index in [-0.39, 0.29) is 34.3 Å². The molecule has 3 aliphatic heterocycles. The summed E-state index contributed by atoms with van der Waals surface area (Å²) in [4.78, 5) is 23.6. The monoisotopic (exact) mass is 667 g/mol. The van der Waals surface area contributed by atoms with E-state index in [1.54, 1.807) is 0 Å². The van der Waals surface area contributed by atoms with Crippen molar-refractivity contribution in [2.45, 2.75) is 67.8 Å². The standard InChI is InChI=1S/C30H34O17/c1-41-21(35)9-22(36)42-11-20-24(38)25(39)28(47-29-26(40)23(37)17(34)10-43-29)30(46-20)45-19-8-15-16(33)6-14(32)7-18(15)44-27(19)12-2-4-13(31)5-3-12/h2-8,17,20,23-34,37-40H,9-11H2,1H3/p+1/t17-,20-,23+,24-,25-,26+,27?,28-,29+,30+/m0/s1. The van der Waals surface area contributed by atoms with Gasteiger partial charge in [-0.3, -0.25) is 9.59 Å². The Hall–Kier alpha value is -4.20. The van der Waals surface area contributed by atoms with Gasteiger partial charge in [0.25, 0.3) is 11.9 Å². The van der Waals surface area contributed by atoms with Crippen molar-refractivity contribution < 1.29 is 83.6 Å². The SMILES string of the molecule is COC(=O)CC(=O)OC[C@@H]1O[C@@H](OC2=Cc3c(O)cc(O)cc3[OH+]C2c2ccc(O)cc2)[C@@H](O[C@H]2OC[C@H](O)[C@@H](O)[C@H]2O)[C@@H](O)[C@H]1O. The van der Waals surface area contributed by atoms with E-state index in [2.05, 4.69) is 9.47 Å². The van der Waals surface area contributed by atoms with Crippen molar-refractivity contribution in [3.8, 4) is 23.0 Å². The van der Waals surface area contributed by atoms with E-state index in [4.69, 9.17) is 23.7 Å². The first-order chi connectivity index (χ1) is 22.4. The molecule has 3 aliphatic rings. The fourth-order valence-electron chi connectivity index (χ4n) is 5.17. The molecule has 1 unspecified atom stereocenters. The number of hydrogen-bond acceptors (Lipinski definition) is 16. The zero-order valence-electron chi connectivity index (χ0n) is 24.7. The van der Waals surface area contributed by atoms with Gasteiger partial charge in [-0.2, -0.15) is 0 Å². The summed E-state index contributed by atoms with van der Waals surface area (Å²) in [5, 5.41) is 83.1. The van der Waals surface area contributed by atoms with Crippen LogP contribution in [0.2, 0.25) is 0 Å². The van der Waals surface area contributed by atoms with Gasteiger partial charge < -0.3 is 74.0 Å². The minimum atomic E-state index is -1.87. The Morgan fingerprint density at radius 2 is 1.62 bits per heavy atom. The van der Waals surface area contributed by atoms with Crippen molar-refractivity contribution in [2.75, 3.05) is 20.3 Å². The maximum atomic E-state index is 12.1. The number of methoxy groups -OCH3 is 1. The summed E-state index contributed by atoms with van der Waals surface area (Å²) in [6, 6.07) is 8.23. The quantitative estimate of drug-likeness (QED) is 0.0862. The smallest absolute Gasteiger partial charge is 0.317 e. The average molecular weight is 668 g/mol. The molecule has 0 aliphatic carbocycles. The number of esters is 2. The highest BCUT2D eigenvalue weighted by Crippen LogP contribution is 2.45. The topological polar surface area (TPSA) is 264 Å². The lowest BCUT2D eigenvalue weighted by Crippen LogP contribution is -2.63. The van der Waals surface area contributed by atoms with Crippen LogP contribution in [0.1, 0.15) is 23.7 Å². The zero-order chi connectivity index (χ0) is 34.0. The van der Waals surface area contributed by atoms with E-state index in [9.17, 15) is 50.4 Å². The number of phenolic OH excluding ortho intramolecular Hbond substituents is 3. The van der Waals surface area contributed by atoms with Gasteiger partial charge in [0, 0.05) is 12.1 Å². The summed E-state index contributed by atoms with van der Waals surface area (Å²) in [5.41, 5.74) is 0.603. The van der Waals surface area contributed by atoms with Crippen LogP contribution in [-0.4, -0.2) is 133 Å². The fraction of sp³-hybridized carbons (Fsp3) is 0.467. The van der Waals surface area contributed by atoms with Gasteiger partial charge in [-0.15, -0.1) is 0 Å². The lowest BCUT2D eigenvalue weighted by molar-refractivity contribution is -0.353. The number of phenols is 3. The highest BCUT2D eigenvalue weighted by molar-refractivity contribution is 5.91. The van der Waals surface area contributed by atoms with Crippen LogP contribution in [0, 0.1) is 0 Å². The molecule has 2 aromatic rings. The van der Waals surface area contributed by atoms with Crippen molar-refractivity contribution in [2.24, 2.45) is 0 Å². The minimum Gasteiger partial charge on any atom is -0.571 e. The van der Waals surface area contributed by atoms with E-state index in [0.29, 0.717) is 5.56 Å². The van der Waals surface area contributed by atoms with Crippen molar-refractivity contribution in [3.05, 3.63) is 53.3 Å². The summed E-state index contributed by atoms with van der Waals surface area (Å²) in [5.74, 6) is -2.40. The number of carbonyl (C=O) groups excluding carboxylic acids is 2. The van der Waals surface area contributed by atoms with Gasteiger partial charge in [-0.25, -0.2) is 0 Å². The molecular weight excluding hydrogens is 632 g/mol. The first-order valence-electron chi connectivity index (χ1n) is 14.4. The van der Waals surface area contributed by atoms with Gasteiger partial charge in [0.15, 0.2) is 18.2 Å². The molecule has 2 saturated heterocycles. The lowest BCUT2D eigenvalue weighted by atomic mass is 9.97. The Bertz CT molecular complexity index is 1460. The lowest BCUT2D eigenvalue weighted by Gasteiger charge is -2.45. The van der Waals surface area contributed by atoms with E-state index in [1.165, 1.54) is 36.4 Å². The third-order valence-electron chi connectivity index (χ3n) is 7.72. The summed E-state index contributed by atoms with van der Waals surface area (Å²) in [7, 11) is 1.08. The highest BCUT2D eigenvalue weighted by Gasteiger charge is 2.51. The van der Waals surface area contributed by atoms with Crippen LogP contribution in [-0.2, 0) is 38.0 Å². The average Bonchev–Trinajstić information content (AvgIpc) is 3.04. The number of ether oxygens (including phenoxy) is 7. The molecule has 2 aromatic carbocycles. The van der Waals surface area contributed by atoms with Crippen molar-refractivity contribution in [1.29, 1.82) is 0 Å². The number of aromatic hydroxyl groups is 4. The van der Waals surface area contributed by atoms with Crippen LogP contribution in [0.25, 0.3) is 6.08 Å². The molecule has 0 amide bonds. The van der Waals surface area contributed by atoms with Crippen molar-refractivity contribution in [3.63, 3.8) is 0 Å². The fourth-order valence-corrected chi connectivity index (χ4v) is 5.17. The number of aliphatic hydroxyl groups is 6. The Labute approximate surface area is 266 Å². The number of rotatable bonds is 9. The van der Waals surface area contributed by atoms with Crippen LogP contribution in [0.4, 0.5) is 0 Å². The highest BCUT2D eigenvalue weighted by atomic mass is 16.8. The van der Waals surface area contributed by atoms with Crippen molar-refractivity contribution in [1.82, 2.24) is 0 Å². The van der Waals surface area contributed by atoms with Gasteiger partial charge in [0.05, 0.1) is 25.3 Å². The third kappa shape index (κ3) is 7.53. The molecule has 9 N–H and O–H groups in total. The molecular formula is C30H35O17+. The minimum absolute atomic E-state index is 0.0200. The molecule has 17 heteroatoms. The molecule has 256 valence electrons. The second-order valence-corrected chi connectivity index (χ2v) is 11.0. The Morgan fingerprint density at radius 1 is 0.894 bits per heavy atom. The second kappa shape index (κ2) is 14.3. The molecule has 47 heavy (non-hydrogen) atoms. The number of aliphatic hydroxyl groups excluding tert-OH is 5. The maximum absolute atomic E-state index is 12.1. The summed E-state index contributed by atoms with van der Waals surface area (Å²) in [6.07, 6.45) is -15.4. The van der Waals surface area contributed by atoms with Gasteiger partial charge in [-0.1, -0.05) is 0 Å². The molecule has 0 aromatic heterocycles. The van der Waals surface area contributed by atoms with E-state index < -0.39 is 93.0 Å². The predicted octanol–water partition coefficient (Wildman–Crippen LogP) is -1.47. The molecule has 3 heterocycles. The van der Waals surface area contributed by atoms with Crippen LogP contribution >= 0.6 is 0 Å². The van der Waals surface area contributed by atoms with Crippen LogP contribution in [0.15, 0.2) is 42.2 Å². The normalized spacial score (nSPS) is 31.9. The van der Waals surface area contributed by atoms with Crippen LogP contribution in [0.3, 0.4) is 0 Å². The number of hydrogen-bond donors (Lipinski definition) is 8. The van der Waals surface area contributed by atoms with E-state index in [0.717, 1.165) is 13.2 Å². The van der Waals surface area contributed by atoms with Crippen LogP contribution < -0.4 is 0 Å². The molecule has 10 atom stereocenters. The molecule has 0 bridgehead atoms. The van der Waals surface area contributed by atoms with Gasteiger partial charge in [0.2, 0.25) is 6.29 Å². The molecule has 0 saturated carbocycles. The largest absolute Gasteiger partial charge is 0.571 e. The van der Waals surface area contributed by atoms with E-state index >= 15 is 0 Å². The summed E-state index contributed by atoms with van der Waals surface area (Å²) >= 11 is 0. The molecule has 2 fully saturated rings. The Kier molecular flexibility index (Phi) is 10.4. The Balaban J connectivity index is 1.47. The molecule has 0 radical (unpaired) electrons. The summed E-state index contributed by atoms with van der Waals surface area (Å²) < 4.78 is 37.2. The molecule has 17 nitrogen and oxygen atoms in total. The van der Waals surface area contributed by atoms with Crippen LogP contribution in [0.5, 0.6) is 23.0 Å². The van der Waals surface area contributed by atoms with Gasteiger partial charge in [-0.05, 0) is 24.3 Å². The van der Waals surface area contributed by atoms with Gasteiger partial charge >= 0.3 is 11.9 Å². The van der Waals surface area contributed by atoms with E-state index in [1.807, 2.05) is 0 Å². The number of carbonyl (C=O) groups is 2. The maximum Gasteiger partial charge on any atom is 0.317 e. The van der Waals surface area contributed by atoms with Gasteiger partial charge in [0.1, 0.15) is 72.5 Å². The molecule has 0 spiro atoms.